The lowest BCUT2D eigenvalue weighted by molar-refractivity contribution is 0.0987. The number of rotatable bonds is 2. The number of halogens is 3. The fourth-order valence-electron chi connectivity index (χ4n) is 1.72. The number of aromatic hydroxyl groups is 2. The van der Waals surface area contributed by atoms with Crippen LogP contribution in [0.15, 0.2) is 30.3 Å². The Morgan fingerprint density at radius 2 is 1.62 bits per heavy atom. The molecule has 0 aliphatic heterocycles. The lowest BCUT2D eigenvalue weighted by Gasteiger charge is -2.18. The highest BCUT2D eigenvalue weighted by molar-refractivity contribution is 6.06. The van der Waals surface area contributed by atoms with Crippen molar-refractivity contribution in [3.05, 3.63) is 53.3 Å². The van der Waals surface area contributed by atoms with Gasteiger partial charge < -0.3 is 15.1 Å². The average Bonchev–Trinajstić information content (AvgIpc) is 2.48. The second-order valence-electron chi connectivity index (χ2n) is 4.26. The number of phenols is 2. The molecule has 2 aromatic rings. The van der Waals surface area contributed by atoms with Gasteiger partial charge in [0.15, 0.2) is 17.4 Å². The Labute approximate surface area is 117 Å². The van der Waals surface area contributed by atoms with Gasteiger partial charge in [-0.3, -0.25) is 4.79 Å². The van der Waals surface area contributed by atoms with E-state index < -0.39 is 34.7 Å². The third-order valence-electron chi connectivity index (χ3n) is 2.91. The van der Waals surface area contributed by atoms with E-state index in [0.717, 1.165) is 4.90 Å². The van der Waals surface area contributed by atoms with Gasteiger partial charge in [-0.25, -0.2) is 8.78 Å². The number of anilines is 1. The quantitative estimate of drug-likeness (QED) is 0.838. The molecule has 0 aliphatic carbocycles. The van der Waals surface area contributed by atoms with E-state index in [2.05, 4.69) is 0 Å². The summed E-state index contributed by atoms with van der Waals surface area (Å²) in [5, 5.41) is 18.3. The van der Waals surface area contributed by atoms with E-state index >= 15 is 0 Å². The van der Waals surface area contributed by atoms with Crippen molar-refractivity contribution < 1.29 is 28.2 Å². The lowest BCUT2D eigenvalue weighted by Crippen LogP contribution is -2.27. The molecule has 0 aromatic heterocycles. The molecule has 110 valence electrons. The highest BCUT2D eigenvalue weighted by Gasteiger charge is 2.25. The van der Waals surface area contributed by atoms with Crippen LogP contribution in [0.25, 0.3) is 0 Å². The van der Waals surface area contributed by atoms with Crippen molar-refractivity contribution in [3.8, 4) is 11.5 Å². The van der Waals surface area contributed by atoms with Crippen molar-refractivity contribution in [2.24, 2.45) is 0 Å². The van der Waals surface area contributed by atoms with Crippen LogP contribution in [-0.4, -0.2) is 23.2 Å². The van der Waals surface area contributed by atoms with Crippen LogP contribution < -0.4 is 4.90 Å². The van der Waals surface area contributed by atoms with Gasteiger partial charge in [-0.2, -0.15) is 4.39 Å². The van der Waals surface area contributed by atoms with E-state index in [0.29, 0.717) is 11.8 Å². The predicted octanol–water partition coefficient (Wildman–Crippen LogP) is 2.79. The first kappa shape index (κ1) is 14.7. The molecule has 0 atom stereocenters. The Bertz CT molecular complexity index is 702. The van der Waals surface area contributed by atoms with Gasteiger partial charge in [0.2, 0.25) is 5.82 Å². The van der Waals surface area contributed by atoms with E-state index in [-0.39, 0.29) is 5.75 Å². The van der Waals surface area contributed by atoms with Crippen molar-refractivity contribution >= 4 is 11.6 Å². The number of phenolic OH excluding ortho intramolecular Hbond substituents is 2. The van der Waals surface area contributed by atoms with Crippen molar-refractivity contribution in [1.29, 1.82) is 0 Å². The maximum Gasteiger partial charge on any atom is 0.261 e. The molecular weight excluding hydrogens is 287 g/mol. The molecule has 0 spiro atoms. The second-order valence-corrected chi connectivity index (χ2v) is 4.26. The summed E-state index contributed by atoms with van der Waals surface area (Å²) in [6.45, 7) is 0. The third kappa shape index (κ3) is 2.62. The van der Waals surface area contributed by atoms with Gasteiger partial charge in [-0.15, -0.1) is 0 Å². The van der Waals surface area contributed by atoms with Crippen LogP contribution in [0, 0.1) is 17.5 Å². The van der Waals surface area contributed by atoms with Gasteiger partial charge in [0.1, 0.15) is 5.75 Å². The molecule has 0 radical (unpaired) electrons. The van der Waals surface area contributed by atoms with Crippen LogP contribution in [-0.2, 0) is 0 Å². The summed E-state index contributed by atoms with van der Waals surface area (Å²) in [6, 6.07) is 5.75. The summed E-state index contributed by atoms with van der Waals surface area (Å²) in [5.74, 6) is -7.38. The number of benzene rings is 2. The number of amides is 1. The fraction of sp³-hybridized carbons (Fsp3) is 0.0714. The first-order valence-corrected chi connectivity index (χ1v) is 5.76. The monoisotopic (exact) mass is 297 g/mol. The fourth-order valence-corrected chi connectivity index (χ4v) is 1.72. The van der Waals surface area contributed by atoms with E-state index in [1.54, 1.807) is 0 Å². The molecule has 21 heavy (non-hydrogen) atoms. The van der Waals surface area contributed by atoms with Gasteiger partial charge in [0.05, 0.1) is 5.56 Å². The Morgan fingerprint density at radius 1 is 1.05 bits per heavy atom. The smallest absolute Gasteiger partial charge is 0.261 e. The molecule has 0 heterocycles. The maximum absolute atomic E-state index is 13.7. The Kier molecular flexibility index (Phi) is 3.75. The largest absolute Gasteiger partial charge is 0.508 e. The van der Waals surface area contributed by atoms with Gasteiger partial charge in [-0.05, 0) is 30.3 Å². The number of hydrogen-bond donors (Lipinski definition) is 2. The zero-order chi connectivity index (χ0) is 15.7. The van der Waals surface area contributed by atoms with Crippen LogP contribution >= 0.6 is 0 Å². The molecule has 0 saturated heterocycles. The second kappa shape index (κ2) is 5.35. The normalized spacial score (nSPS) is 10.5. The highest BCUT2D eigenvalue weighted by atomic mass is 19.2. The van der Waals surface area contributed by atoms with Crippen LogP contribution in [0.1, 0.15) is 10.4 Å². The van der Waals surface area contributed by atoms with Gasteiger partial charge >= 0.3 is 0 Å². The topological polar surface area (TPSA) is 60.8 Å². The molecule has 2 N–H and O–H groups in total. The zero-order valence-electron chi connectivity index (χ0n) is 10.8. The highest BCUT2D eigenvalue weighted by Crippen LogP contribution is 2.27. The molecular formula is C14H10F3NO3. The minimum Gasteiger partial charge on any atom is -0.508 e. The van der Waals surface area contributed by atoms with Crippen molar-refractivity contribution in [3.63, 3.8) is 0 Å². The third-order valence-corrected chi connectivity index (χ3v) is 2.91. The molecule has 2 rings (SSSR count). The maximum atomic E-state index is 13.7. The minimum atomic E-state index is -1.75. The van der Waals surface area contributed by atoms with Crippen molar-refractivity contribution in [2.75, 3.05) is 11.9 Å². The first-order valence-electron chi connectivity index (χ1n) is 5.76. The molecule has 7 heteroatoms. The number of hydrogen-bond acceptors (Lipinski definition) is 3. The predicted molar refractivity (Wildman–Crippen MR) is 68.8 cm³/mol. The van der Waals surface area contributed by atoms with Crippen LogP contribution in [0.3, 0.4) is 0 Å². The molecule has 0 aliphatic rings. The van der Waals surface area contributed by atoms with Gasteiger partial charge in [-0.1, -0.05) is 0 Å². The average molecular weight is 297 g/mol. The molecule has 0 unspecified atom stereocenters. The standard InChI is InChI=1S/C14H10F3NO3/c1-18(7-2-4-8(19)5-3-7)14(21)9-6-10(15)12(17)13(20)11(9)16/h2-6,19-20H,1H3. The van der Waals surface area contributed by atoms with E-state index in [4.69, 9.17) is 10.2 Å². The van der Waals surface area contributed by atoms with Gasteiger partial charge in [0, 0.05) is 12.7 Å². The molecule has 0 bridgehead atoms. The Hall–Kier alpha value is -2.70. The minimum absolute atomic E-state index is 0.0312. The number of carbonyl (C=O) groups excluding carboxylic acids is 1. The summed E-state index contributed by atoms with van der Waals surface area (Å²) >= 11 is 0. The van der Waals surface area contributed by atoms with E-state index in [1.807, 2.05) is 0 Å². The molecule has 0 saturated carbocycles. The molecule has 0 fully saturated rings. The number of nitrogens with zero attached hydrogens (tertiary/aromatic N) is 1. The van der Waals surface area contributed by atoms with Crippen molar-refractivity contribution in [1.82, 2.24) is 0 Å². The summed E-state index contributed by atoms with van der Waals surface area (Å²) in [4.78, 5) is 13.1. The first-order chi connectivity index (χ1) is 9.82. The zero-order valence-corrected chi connectivity index (χ0v) is 10.8. The van der Waals surface area contributed by atoms with Crippen LogP contribution in [0.5, 0.6) is 11.5 Å². The summed E-state index contributed by atoms with van der Waals surface area (Å²) in [7, 11) is 1.28. The summed E-state index contributed by atoms with van der Waals surface area (Å²) < 4.78 is 39.9. The molecule has 1 amide bonds. The van der Waals surface area contributed by atoms with Crippen molar-refractivity contribution in [2.45, 2.75) is 0 Å². The van der Waals surface area contributed by atoms with Crippen LogP contribution in [0.2, 0.25) is 0 Å². The summed E-state index contributed by atoms with van der Waals surface area (Å²) in [5.41, 5.74) is -0.511. The number of carbonyl (C=O) groups is 1. The van der Waals surface area contributed by atoms with E-state index in [9.17, 15) is 18.0 Å². The summed E-state index contributed by atoms with van der Waals surface area (Å²) in [6.07, 6.45) is 0. The van der Waals surface area contributed by atoms with E-state index in [1.165, 1.54) is 31.3 Å². The SMILES string of the molecule is CN(C(=O)c1cc(F)c(F)c(O)c1F)c1ccc(O)cc1. The molecule has 2 aromatic carbocycles. The Balaban J connectivity index is 2.42. The molecule has 4 nitrogen and oxygen atoms in total. The van der Waals surface area contributed by atoms with Gasteiger partial charge in [0.25, 0.3) is 5.91 Å². The van der Waals surface area contributed by atoms with Crippen LogP contribution in [0.4, 0.5) is 18.9 Å². The Morgan fingerprint density at radius 3 is 2.19 bits per heavy atom. The lowest BCUT2D eigenvalue weighted by atomic mass is 10.1.